The molecule has 6 nitrogen and oxygen atoms in total. The van der Waals surface area contributed by atoms with E-state index in [1.54, 1.807) is 7.11 Å². The molecule has 1 fully saturated rings. The van der Waals surface area contributed by atoms with E-state index in [1.807, 2.05) is 46.7 Å². The van der Waals surface area contributed by atoms with Crippen molar-refractivity contribution in [2.45, 2.75) is 76.0 Å². The van der Waals surface area contributed by atoms with Crippen LogP contribution in [0.25, 0.3) is 10.9 Å². The molecule has 3 aromatic rings. The molecule has 35 heavy (non-hydrogen) atoms. The Bertz CT molecular complexity index is 1310. The number of methoxy groups -OCH3 is 1. The van der Waals surface area contributed by atoms with Crippen molar-refractivity contribution in [2.75, 3.05) is 7.11 Å². The first-order valence-electron chi connectivity index (χ1n) is 12.9. The van der Waals surface area contributed by atoms with E-state index in [1.165, 1.54) is 11.1 Å². The summed E-state index contributed by atoms with van der Waals surface area (Å²) in [5, 5.41) is 4.31. The number of amides is 2. The largest absolute Gasteiger partial charge is 0.497 e. The standard InChI is InChI=1S/C29H33N3O3/c1-29(28(34)30-21-10-4-5-11-21)18-31-25-17-22(35-2)15-14-20(25)16-26(31)27(33)32(29)24-13-7-9-19-8-3-6-12-23(19)24/h3,6,8,12,14-17,21,24H,4-5,7,9-11,13,18H2,1-2H3,(H,30,34)/t24-,29-/m1/s1. The highest BCUT2D eigenvalue weighted by Crippen LogP contribution is 2.43. The van der Waals surface area contributed by atoms with Gasteiger partial charge in [-0.1, -0.05) is 37.1 Å². The number of rotatable bonds is 4. The molecule has 2 atom stereocenters. The molecular weight excluding hydrogens is 438 g/mol. The van der Waals surface area contributed by atoms with E-state index in [4.69, 9.17) is 4.74 Å². The molecule has 6 rings (SSSR count). The number of aryl methyl sites for hydroxylation is 1. The molecule has 0 saturated heterocycles. The number of nitrogens with one attached hydrogen (secondary N) is 1. The van der Waals surface area contributed by atoms with Crippen LogP contribution in [0.5, 0.6) is 5.75 Å². The van der Waals surface area contributed by atoms with Gasteiger partial charge in [0, 0.05) is 17.5 Å². The second-order valence-electron chi connectivity index (χ2n) is 10.6. The Morgan fingerprint density at radius 3 is 2.66 bits per heavy atom. The molecule has 2 aliphatic carbocycles. The summed E-state index contributed by atoms with van der Waals surface area (Å²) in [6.45, 7) is 2.38. The Kier molecular flexibility index (Phi) is 5.35. The van der Waals surface area contributed by atoms with Crippen LogP contribution < -0.4 is 10.1 Å². The molecule has 0 unspecified atom stereocenters. The van der Waals surface area contributed by atoms with Crippen LogP contribution in [0.3, 0.4) is 0 Å². The first-order chi connectivity index (χ1) is 17.0. The molecule has 2 aromatic carbocycles. The number of aromatic nitrogens is 1. The van der Waals surface area contributed by atoms with E-state index in [-0.39, 0.29) is 23.9 Å². The summed E-state index contributed by atoms with van der Waals surface area (Å²) < 4.78 is 7.49. The van der Waals surface area contributed by atoms with Gasteiger partial charge in [-0.2, -0.15) is 0 Å². The van der Waals surface area contributed by atoms with Gasteiger partial charge < -0.3 is 19.5 Å². The van der Waals surface area contributed by atoms with Crippen LogP contribution in [0.4, 0.5) is 0 Å². The van der Waals surface area contributed by atoms with Crippen molar-refractivity contribution >= 4 is 22.7 Å². The van der Waals surface area contributed by atoms with Crippen molar-refractivity contribution in [3.8, 4) is 5.75 Å². The highest BCUT2D eigenvalue weighted by atomic mass is 16.5. The average molecular weight is 472 g/mol. The lowest BCUT2D eigenvalue weighted by atomic mass is 9.82. The minimum atomic E-state index is -1.00. The maximum atomic E-state index is 14.3. The summed E-state index contributed by atoms with van der Waals surface area (Å²) >= 11 is 0. The van der Waals surface area contributed by atoms with Crippen molar-refractivity contribution < 1.29 is 14.3 Å². The predicted molar refractivity (Wildman–Crippen MR) is 136 cm³/mol. The number of hydrogen-bond acceptors (Lipinski definition) is 3. The smallest absolute Gasteiger partial charge is 0.271 e. The molecule has 0 radical (unpaired) electrons. The van der Waals surface area contributed by atoms with Gasteiger partial charge in [0.2, 0.25) is 5.91 Å². The monoisotopic (exact) mass is 471 g/mol. The van der Waals surface area contributed by atoms with Crippen molar-refractivity contribution in [1.82, 2.24) is 14.8 Å². The zero-order chi connectivity index (χ0) is 24.2. The van der Waals surface area contributed by atoms with Crippen LogP contribution in [0.15, 0.2) is 48.5 Å². The third-order valence-electron chi connectivity index (χ3n) is 8.38. The third kappa shape index (κ3) is 3.53. The zero-order valence-corrected chi connectivity index (χ0v) is 20.5. The summed E-state index contributed by atoms with van der Waals surface area (Å²) in [6, 6.07) is 16.3. The van der Waals surface area contributed by atoms with Gasteiger partial charge in [-0.25, -0.2) is 0 Å². The van der Waals surface area contributed by atoms with Gasteiger partial charge in [0.25, 0.3) is 5.91 Å². The molecule has 1 aliphatic heterocycles. The summed E-state index contributed by atoms with van der Waals surface area (Å²) in [7, 11) is 1.65. The van der Waals surface area contributed by atoms with E-state index in [9.17, 15) is 9.59 Å². The zero-order valence-electron chi connectivity index (χ0n) is 20.5. The Balaban J connectivity index is 1.49. The van der Waals surface area contributed by atoms with Crippen LogP contribution in [0.2, 0.25) is 0 Å². The average Bonchev–Trinajstić information content (AvgIpc) is 3.51. The molecule has 2 heterocycles. The van der Waals surface area contributed by atoms with Gasteiger partial charge in [-0.15, -0.1) is 0 Å². The van der Waals surface area contributed by atoms with Gasteiger partial charge in [0.05, 0.1) is 25.2 Å². The maximum Gasteiger partial charge on any atom is 0.271 e. The van der Waals surface area contributed by atoms with Gasteiger partial charge in [-0.3, -0.25) is 9.59 Å². The third-order valence-corrected chi connectivity index (χ3v) is 8.38. The highest BCUT2D eigenvalue weighted by molar-refractivity contribution is 6.04. The second kappa shape index (κ2) is 8.43. The maximum absolute atomic E-state index is 14.3. The molecule has 6 heteroatoms. The minimum absolute atomic E-state index is 0.0452. The second-order valence-corrected chi connectivity index (χ2v) is 10.6. The first kappa shape index (κ1) is 22.2. The molecule has 182 valence electrons. The fraction of sp³-hybridized carbons (Fsp3) is 0.448. The van der Waals surface area contributed by atoms with Crippen molar-refractivity contribution in [2.24, 2.45) is 0 Å². The molecule has 0 bridgehead atoms. The molecule has 1 saturated carbocycles. The number of carbonyl (C=O) groups excluding carboxylic acids is 2. The van der Waals surface area contributed by atoms with E-state index in [0.29, 0.717) is 12.2 Å². The molecule has 0 spiro atoms. The van der Waals surface area contributed by atoms with Gasteiger partial charge in [-0.05, 0) is 68.4 Å². The molecule has 2 amide bonds. The number of ether oxygens (including phenoxy) is 1. The van der Waals surface area contributed by atoms with Crippen LogP contribution in [0, 0.1) is 0 Å². The minimum Gasteiger partial charge on any atom is -0.497 e. The SMILES string of the molecule is COc1ccc2cc3n(c2c1)C[C@](C)(C(=O)NC1CCCC1)N([C@@H]1CCCc2ccccc21)C3=O. The van der Waals surface area contributed by atoms with E-state index >= 15 is 0 Å². The van der Waals surface area contributed by atoms with Gasteiger partial charge in [0.15, 0.2) is 0 Å². The lowest BCUT2D eigenvalue weighted by Crippen LogP contribution is -2.65. The molecule has 3 aliphatic rings. The fourth-order valence-electron chi connectivity index (χ4n) is 6.51. The first-order valence-corrected chi connectivity index (χ1v) is 12.9. The fourth-order valence-corrected chi connectivity index (χ4v) is 6.51. The van der Waals surface area contributed by atoms with Crippen molar-refractivity contribution in [3.05, 3.63) is 65.4 Å². The highest BCUT2D eigenvalue weighted by Gasteiger charge is 2.51. The number of carbonyl (C=O) groups is 2. The Morgan fingerprint density at radius 2 is 1.86 bits per heavy atom. The number of benzene rings is 2. The van der Waals surface area contributed by atoms with Crippen LogP contribution in [-0.4, -0.2) is 40.0 Å². The summed E-state index contributed by atoms with van der Waals surface area (Å²) in [4.78, 5) is 30.3. The lowest BCUT2D eigenvalue weighted by molar-refractivity contribution is -0.135. The van der Waals surface area contributed by atoms with E-state index < -0.39 is 5.54 Å². The number of hydrogen-bond donors (Lipinski definition) is 1. The van der Waals surface area contributed by atoms with Gasteiger partial charge >= 0.3 is 0 Å². The Hall–Kier alpha value is -3.28. The van der Waals surface area contributed by atoms with Crippen LogP contribution in [-0.2, 0) is 17.8 Å². The van der Waals surface area contributed by atoms with E-state index in [2.05, 4.69) is 23.5 Å². The van der Waals surface area contributed by atoms with E-state index in [0.717, 1.165) is 61.6 Å². The summed E-state index contributed by atoms with van der Waals surface area (Å²) in [5.74, 6) is 0.625. The van der Waals surface area contributed by atoms with Crippen molar-refractivity contribution in [3.63, 3.8) is 0 Å². The predicted octanol–water partition coefficient (Wildman–Crippen LogP) is 5.00. The molecule has 1 N–H and O–H groups in total. The summed E-state index contributed by atoms with van der Waals surface area (Å²) in [5.41, 5.74) is 3.03. The number of fused-ring (bicyclic) bond motifs is 4. The lowest BCUT2D eigenvalue weighted by Gasteiger charge is -2.49. The Morgan fingerprint density at radius 1 is 1.06 bits per heavy atom. The van der Waals surface area contributed by atoms with Gasteiger partial charge in [0.1, 0.15) is 17.0 Å². The molecule has 1 aromatic heterocycles. The normalized spacial score (nSPS) is 24.3. The van der Waals surface area contributed by atoms with Crippen LogP contribution in [0.1, 0.15) is 73.1 Å². The Labute approximate surface area is 206 Å². The molecular formula is C29H33N3O3. The summed E-state index contributed by atoms with van der Waals surface area (Å²) in [6.07, 6.45) is 7.20. The quantitative estimate of drug-likeness (QED) is 0.582. The van der Waals surface area contributed by atoms with Crippen LogP contribution >= 0.6 is 0 Å². The topological polar surface area (TPSA) is 63.6 Å². The number of nitrogens with zero attached hydrogens (tertiary/aromatic N) is 2. The van der Waals surface area contributed by atoms with Crippen molar-refractivity contribution in [1.29, 1.82) is 0 Å².